The number of amides is 2. The molecule has 0 aliphatic carbocycles. The van der Waals surface area contributed by atoms with E-state index < -0.39 is 0 Å². The minimum absolute atomic E-state index is 0.00535. The molecule has 6 heteroatoms. The zero-order chi connectivity index (χ0) is 16.2. The number of carbonyl (C=O) groups excluding carboxylic acids is 2. The number of halogens is 1. The molecule has 2 fully saturated rings. The Balaban J connectivity index is 1.65. The summed E-state index contributed by atoms with van der Waals surface area (Å²) in [6.45, 7) is 3.78. The van der Waals surface area contributed by atoms with Crippen LogP contribution >= 0.6 is 15.9 Å². The molecule has 2 saturated heterocycles. The van der Waals surface area contributed by atoms with Gasteiger partial charge in [0.15, 0.2) is 0 Å². The van der Waals surface area contributed by atoms with Gasteiger partial charge in [-0.15, -0.1) is 0 Å². The van der Waals surface area contributed by atoms with Crippen LogP contribution in [-0.2, 0) is 9.53 Å². The number of carbonyl (C=O) groups is 2. The van der Waals surface area contributed by atoms with Gasteiger partial charge in [-0.1, -0.05) is 22.0 Å². The van der Waals surface area contributed by atoms with E-state index in [2.05, 4.69) is 15.9 Å². The van der Waals surface area contributed by atoms with E-state index in [1.165, 1.54) is 0 Å². The number of piperidine rings is 1. The van der Waals surface area contributed by atoms with E-state index in [-0.39, 0.29) is 17.7 Å². The van der Waals surface area contributed by atoms with E-state index >= 15 is 0 Å². The molecule has 0 radical (unpaired) electrons. The number of hydrogen-bond donors (Lipinski definition) is 0. The quantitative estimate of drug-likeness (QED) is 0.789. The summed E-state index contributed by atoms with van der Waals surface area (Å²) in [5.74, 6) is 0.0868. The van der Waals surface area contributed by atoms with Crippen molar-refractivity contribution in [1.82, 2.24) is 9.80 Å². The zero-order valence-corrected chi connectivity index (χ0v) is 14.6. The molecule has 0 aromatic heterocycles. The average molecular weight is 381 g/mol. The highest BCUT2D eigenvalue weighted by Gasteiger charge is 2.32. The lowest BCUT2D eigenvalue weighted by Crippen LogP contribution is -2.49. The van der Waals surface area contributed by atoms with Gasteiger partial charge in [0.2, 0.25) is 5.91 Å². The van der Waals surface area contributed by atoms with Crippen molar-refractivity contribution in [2.45, 2.75) is 12.8 Å². The van der Waals surface area contributed by atoms with Crippen LogP contribution < -0.4 is 0 Å². The summed E-state index contributed by atoms with van der Waals surface area (Å²) < 4.78 is 6.19. The molecule has 5 nitrogen and oxygen atoms in total. The minimum atomic E-state index is -0.0852. The van der Waals surface area contributed by atoms with Gasteiger partial charge in [-0.2, -0.15) is 0 Å². The Bertz CT molecular complexity index is 587. The Kier molecular flexibility index (Phi) is 5.33. The van der Waals surface area contributed by atoms with Crippen LogP contribution in [0.25, 0.3) is 0 Å². The summed E-state index contributed by atoms with van der Waals surface area (Å²) in [5.41, 5.74) is 0.666. The topological polar surface area (TPSA) is 49.9 Å². The average Bonchev–Trinajstić information content (AvgIpc) is 2.61. The lowest BCUT2D eigenvalue weighted by molar-refractivity contribution is -0.141. The van der Waals surface area contributed by atoms with E-state index in [4.69, 9.17) is 4.74 Å². The third-order valence-corrected chi connectivity index (χ3v) is 4.95. The van der Waals surface area contributed by atoms with Crippen molar-refractivity contribution in [1.29, 1.82) is 0 Å². The molecular weight excluding hydrogens is 360 g/mol. The van der Waals surface area contributed by atoms with Crippen molar-refractivity contribution < 1.29 is 14.3 Å². The largest absolute Gasteiger partial charge is 0.378 e. The fourth-order valence-corrected chi connectivity index (χ4v) is 3.61. The smallest absolute Gasteiger partial charge is 0.253 e. The first-order chi connectivity index (χ1) is 11.1. The van der Waals surface area contributed by atoms with E-state index in [1.54, 1.807) is 0 Å². The molecule has 2 aliphatic rings. The molecule has 0 saturated carbocycles. The van der Waals surface area contributed by atoms with Gasteiger partial charge < -0.3 is 14.5 Å². The highest BCUT2D eigenvalue weighted by Crippen LogP contribution is 2.22. The maximum atomic E-state index is 12.7. The van der Waals surface area contributed by atoms with E-state index in [1.807, 2.05) is 34.1 Å². The second-order valence-electron chi connectivity index (χ2n) is 6.04. The number of ether oxygens (including phenoxy) is 1. The molecule has 23 heavy (non-hydrogen) atoms. The Hall–Kier alpha value is -1.40. The molecule has 2 aliphatic heterocycles. The Morgan fingerprint density at radius 2 is 1.91 bits per heavy atom. The highest BCUT2D eigenvalue weighted by atomic mass is 79.9. The third-order valence-electron chi connectivity index (χ3n) is 4.45. The van der Waals surface area contributed by atoms with Crippen LogP contribution in [0.15, 0.2) is 28.7 Å². The summed E-state index contributed by atoms with van der Waals surface area (Å²) in [6, 6.07) is 7.41. The van der Waals surface area contributed by atoms with Crippen LogP contribution in [0.5, 0.6) is 0 Å². The zero-order valence-electron chi connectivity index (χ0n) is 13.0. The van der Waals surface area contributed by atoms with Crippen LogP contribution in [-0.4, -0.2) is 61.0 Å². The van der Waals surface area contributed by atoms with E-state index in [0.717, 1.165) is 23.9 Å². The summed E-state index contributed by atoms with van der Waals surface area (Å²) in [5, 5.41) is 0. The van der Waals surface area contributed by atoms with Crippen LogP contribution in [0, 0.1) is 5.92 Å². The van der Waals surface area contributed by atoms with Gasteiger partial charge in [0.05, 0.1) is 19.1 Å². The monoisotopic (exact) mass is 380 g/mol. The number of nitrogens with zero attached hydrogens (tertiary/aromatic N) is 2. The molecule has 124 valence electrons. The normalized spacial score (nSPS) is 22.0. The lowest BCUT2D eigenvalue weighted by atomic mass is 9.95. The highest BCUT2D eigenvalue weighted by molar-refractivity contribution is 9.10. The first kappa shape index (κ1) is 16.5. The first-order valence-electron chi connectivity index (χ1n) is 8.06. The molecule has 2 heterocycles. The maximum absolute atomic E-state index is 12.7. The predicted octanol–water partition coefficient (Wildman–Crippen LogP) is 2.16. The number of rotatable bonds is 2. The van der Waals surface area contributed by atoms with Gasteiger partial charge in [-0.05, 0) is 31.0 Å². The predicted molar refractivity (Wildman–Crippen MR) is 90.2 cm³/mol. The summed E-state index contributed by atoms with van der Waals surface area (Å²) in [7, 11) is 0. The molecule has 1 aromatic carbocycles. The van der Waals surface area contributed by atoms with Gasteiger partial charge in [0, 0.05) is 36.2 Å². The van der Waals surface area contributed by atoms with Crippen LogP contribution in [0.3, 0.4) is 0 Å². The SMILES string of the molecule is O=C(c1cccc(Br)c1)N1CCCC(C(=O)N2CCOCC2)C1. The van der Waals surface area contributed by atoms with Gasteiger partial charge in [-0.3, -0.25) is 9.59 Å². The fraction of sp³-hybridized carbons (Fsp3) is 0.529. The number of benzene rings is 1. The first-order valence-corrected chi connectivity index (χ1v) is 8.86. The van der Waals surface area contributed by atoms with Gasteiger partial charge in [0.1, 0.15) is 0 Å². The molecule has 0 bridgehead atoms. The lowest BCUT2D eigenvalue weighted by Gasteiger charge is -2.36. The van der Waals surface area contributed by atoms with Crippen LogP contribution in [0.4, 0.5) is 0 Å². The fourth-order valence-electron chi connectivity index (χ4n) is 3.21. The Morgan fingerprint density at radius 3 is 2.65 bits per heavy atom. The third kappa shape index (κ3) is 3.93. The van der Waals surface area contributed by atoms with Crippen LogP contribution in [0.1, 0.15) is 23.2 Å². The van der Waals surface area contributed by atoms with Crippen molar-refractivity contribution in [3.05, 3.63) is 34.3 Å². The second-order valence-corrected chi connectivity index (χ2v) is 6.95. The number of morpholine rings is 1. The van der Waals surface area contributed by atoms with E-state index in [0.29, 0.717) is 38.4 Å². The molecule has 1 unspecified atom stereocenters. The summed E-state index contributed by atoms with van der Waals surface area (Å²) in [4.78, 5) is 29.0. The van der Waals surface area contributed by atoms with Crippen LogP contribution in [0.2, 0.25) is 0 Å². The summed E-state index contributed by atoms with van der Waals surface area (Å²) >= 11 is 3.40. The molecular formula is C17H21BrN2O3. The van der Waals surface area contributed by atoms with Crippen molar-refractivity contribution in [2.24, 2.45) is 5.92 Å². The number of likely N-dealkylation sites (tertiary alicyclic amines) is 1. The molecule has 2 amide bonds. The number of hydrogen-bond acceptors (Lipinski definition) is 3. The standard InChI is InChI=1S/C17H21BrN2O3/c18-15-5-1-3-13(11-15)16(21)20-6-2-4-14(12-20)17(22)19-7-9-23-10-8-19/h1,3,5,11,14H,2,4,6-10,12H2. The minimum Gasteiger partial charge on any atom is -0.378 e. The Morgan fingerprint density at radius 1 is 1.13 bits per heavy atom. The molecule has 0 N–H and O–H groups in total. The van der Waals surface area contributed by atoms with Gasteiger partial charge in [0.25, 0.3) is 5.91 Å². The molecule has 0 spiro atoms. The van der Waals surface area contributed by atoms with Crippen molar-refractivity contribution >= 4 is 27.7 Å². The van der Waals surface area contributed by atoms with E-state index in [9.17, 15) is 9.59 Å². The van der Waals surface area contributed by atoms with Crippen molar-refractivity contribution in [3.8, 4) is 0 Å². The molecule has 1 aromatic rings. The molecule has 3 rings (SSSR count). The molecule has 1 atom stereocenters. The summed E-state index contributed by atoms with van der Waals surface area (Å²) in [6.07, 6.45) is 1.74. The Labute approximate surface area is 144 Å². The van der Waals surface area contributed by atoms with Gasteiger partial charge in [-0.25, -0.2) is 0 Å². The van der Waals surface area contributed by atoms with Crippen molar-refractivity contribution in [3.63, 3.8) is 0 Å². The maximum Gasteiger partial charge on any atom is 0.253 e. The second kappa shape index (κ2) is 7.45. The van der Waals surface area contributed by atoms with Crippen molar-refractivity contribution in [2.75, 3.05) is 39.4 Å². The van der Waals surface area contributed by atoms with Gasteiger partial charge >= 0.3 is 0 Å².